The zero-order valence-electron chi connectivity index (χ0n) is 20.9. The largest absolute Gasteiger partial charge is 0.340 e. The Morgan fingerprint density at radius 2 is 1.86 bits per heavy atom. The number of benzene rings is 3. The lowest BCUT2D eigenvalue weighted by Crippen LogP contribution is -2.23. The minimum atomic E-state index is -0.192. The Morgan fingerprint density at radius 3 is 2.65 bits per heavy atom. The van der Waals surface area contributed by atoms with E-state index in [-0.39, 0.29) is 11.5 Å². The summed E-state index contributed by atoms with van der Waals surface area (Å²) in [6.45, 7) is 6.74. The van der Waals surface area contributed by atoms with Crippen molar-refractivity contribution in [1.82, 2.24) is 14.2 Å². The fraction of sp³-hybridized carbons (Fsp3) is 0.200. The summed E-state index contributed by atoms with van der Waals surface area (Å²) in [4.78, 5) is 18.4. The van der Waals surface area contributed by atoms with Gasteiger partial charge in [-0.3, -0.25) is 4.79 Å². The molecule has 0 amide bonds. The fourth-order valence-electron chi connectivity index (χ4n) is 4.66. The quantitative estimate of drug-likeness (QED) is 0.219. The van der Waals surface area contributed by atoms with Crippen molar-refractivity contribution in [2.75, 3.05) is 0 Å². The highest BCUT2D eigenvalue weighted by Crippen LogP contribution is 2.27. The van der Waals surface area contributed by atoms with Crippen molar-refractivity contribution in [3.05, 3.63) is 110 Å². The molecule has 2 heterocycles. The summed E-state index contributed by atoms with van der Waals surface area (Å²) in [6.07, 6.45) is 2.60. The number of aromatic nitrogens is 3. The first-order chi connectivity index (χ1) is 17.9. The zero-order chi connectivity index (χ0) is 26.1. The molecule has 5 rings (SSSR count). The molecule has 3 aromatic carbocycles. The van der Waals surface area contributed by atoms with E-state index in [0.717, 1.165) is 38.6 Å². The molecule has 0 saturated carbocycles. The van der Waals surface area contributed by atoms with E-state index < -0.39 is 0 Å². The predicted molar refractivity (Wildman–Crippen MR) is 152 cm³/mol. The van der Waals surface area contributed by atoms with Gasteiger partial charge in [-0.1, -0.05) is 66.2 Å². The summed E-state index contributed by atoms with van der Waals surface area (Å²) < 4.78 is 4.46. The van der Waals surface area contributed by atoms with Gasteiger partial charge in [0, 0.05) is 39.1 Å². The van der Waals surface area contributed by atoms with Crippen LogP contribution in [0, 0.1) is 18.3 Å². The van der Waals surface area contributed by atoms with Gasteiger partial charge < -0.3 is 4.57 Å². The molecule has 0 aliphatic heterocycles. The van der Waals surface area contributed by atoms with Crippen LogP contribution in [-0.2, 0) is 6.54 Å². The van der Waals surface area contributed by atoms with Gasteiger partial charge in [-0.05, 0) is 49.2 Å². The maximum atomic E-state index is 13.6. The number of hydrogen-bond donors (Lipinski definition) is 0. The second kappa shape index (κ2) is 10.2. The lowest BCUT2D eigenvalue weighted by molar-refractivity contribution is 0.613. The molecule has 7 heteroatoms. The van der Waals surface area contributed by atoms with Gasteiger partial charge in [-0.25, -0.2) is 4.98 Å². The molecular formula is C30H26BrN5O. The molecule has 0 bridgehead atoms. The second-order valence-electron chi connectivity index (χ2n) is 9.17. The number of nitrogens with zero attached hydrogens (tertiary/aromatic N) is 5. The van der Waals surface area contributed by atoms with Crippen molar-refractivity contribution < 1.29 is 0 Å². The number of nitriles is 1. The van der Waals surface area contributed by atoms with Crippen LogP contribution in [0.4, 0.5) is 0 Å². The minimum absolute atomic E-state index is 0.0582. The molecule has 0 fully saturated rings. The molecule has 0 radical (unpaired) electrons. The van der Waals surface area contributed by atoms with Crippen molar-refractivity contribution >= 4 is 44.0 Å². The van der Waals surface area contributed by atoms with E-state index in [4.69, 9.17) is 10.1 Å². The van der Waals surface area contributed by atoms with Gasteiger partial charge in [0.25, 0.3) is 5.56 Å². The summed E-state index contributed by atoms with van der Waals surface area (Å²) in [7, 11) is 0. The smallest absolute Gasteiger partial charge is 0.282 e. The highest BCUT2D eigenvalue weighted by Gasteiger charge is 2.17. The van der Waals surface area contributed by atoms with Crippen molar-refractivity contribution in [3.63, 3.8) is 0 Å². The first-order valence-corrected chi connectivity index (χ1v) is 13.0. The lowest BCUT2D eigenvalue weighted by Gasteiger charge is -2.14. The molecule has 0 aliphatic carbocycles. The van der Waals surface area contributed by atoms with Crippen LogP contribution >= 0.6 is 15.9 Å². The van der Waals surface area contributed by atoms with E-state index in [0.29, 0.717) is 28.8 Å². The summed E-state index contributed by atoms with van der Waals surface area (Å²) >= 11 is 3.47. The van der Waals surface area contributed by atoms with Gasteiger partial charge in [0.1, 0.15) is 5.82 Å². The highest BCUT2D eigenvalue weighted by atomic mass is 79.9. The first-order valence-electron chi connectivity index (χ1n) is 12.2. The Kier molecular flexibility index (Phi) is 6.77. The van der Waals surface area contributed by atoms with Crippen LogP contribution in [0.5, 0.6) is 0 Å². The molecule has 184 valence electrons. The van der Waals surface area contributed by atoms with Gasteiger partial charge in [0.2, 0.25) is 0 Å². The molecule has 2 aromatic heterocycles. The van der Waals surface area contributed by atoms with Crippen LogP contribution in [0.25, 0.3) is 21.8 Å². The number of halogens is 1. The third-order valence-corrected chi connectivity index (χ3v) is 7.43. The van der Waals surface area contributed by atoms with Crippen LogP contribution < -0.4 is 5.56 Å². The molecule has 6 nitrogen and oxygen atoms in total. The van der Waals surface area contributed by atoms with E-state index >= 15 is 0 Å². The predicted octanol–water partition coefficient (Wildman–Crippen LogP) is 6.74. The second-order valence-corrected chi connectivity index (χ2v) is 10.1. The van der Waals surface area contributed by atoms with E-state index in [1.54, 1.807) is 12.3 Å². The standard InChI is InChI=1S/C30H26BrN5O/c1-4-19(2)29-34-27-14-13-23(31)15-25(27)30(37)36(29)33-17-26-20(3)35(28-12-8-7-11-24(26)28)18-22-10-6-5-9-21(22)16-32/h5-15,17,19H,4,18H2,1-3H3/t19-/m1/s1. The Balaban J connectivity index is 1.68. The van der Waals surface area contributed by atoms with Crippen molar-refractivity contribution in [1.29, 1.82) is 5.26 Å². The maximum absolute atomic E-state index is 13.6. The molecule has 0 spiro atoms. The van der Waals surface area contributed by atoms with Gasteiger partial charge in [-0.15, -0.1) is 0 Å². The topological polar surface area (TPSA) is 76.0 Å². The number of hydrogen-bond acceptors (Lipinski definition) is 4. The first kappa shape index (κ1) is 24.7. The molecule has 0 aliphatic rings. The van der Waals surface area contributed by atoms with E-state index in [9.17, 15) is 10.1 Å². The Bertz CT molecular complexity index is 1770. The average Bonchev–Trinajstić information content (AvgIpc) is 3.18. The van der Waals surface area contributed by atoms with Crippen LogP contribution in [-0.4, -0.2) is 20.4 Å². The molecular weight excluding hydrogens is 526 g/mol. The summed E-state index contributed by atoms with van der Waals surface area (Å²) in [6, 6.07) is 23.6. The zero-order valence-corrected chi connectivity index (χ0v) is 22.5. The van der Waals surface area contributed by atoms with Gasteiger partial charge >= 0.3 is 0 Å². The number of fused-ring (bicyclic) bond motifs is 2. The van der Waals surface area contributed by atoms with E-state index in [2.05, 4.69) is 52.5 Å². The van der Waals surface area contributed by atoms with Crippen LogP contribution in [0.2, 0.25) is 0 Å². The Hall–Kier alpha value is -4.02. The van der Waals surface area contributed by atoms with Crippen molar-refractivity contribution in [2.45, 2.75) is 39.7 Å². The third kappa shape index (κ3) is 4.49. The molecule has 0 N–H and O–H groups in total. The molecule has 1 atom stereocenters. The lowest BCUT2D eigenvalue weighted by atomic mass is 10.1. The number of para-hydroxylation sites is 1. The van der Waals surface area contributed by atoms with Crippen molar-refractivity contribution in [3.8, 4) is 6.07 Å². The molecule has 0 unspecified atom stereocenters. The van der Waals surface area contributed by atoms with Crippen LogP contribution in [0.3, 0.4) is 0 Å². The van der Waals surface area contributed by atoms with E-state index in [1.807, 2.05) is 55.5 Å². The van der Waals surface area contributed by atoms with Gasteiger partial charge in [-0.2, -0.15) is 15.0 Å². The summed E-state index contributed by atoms with van der Waals surface area (Å²) in [5.41, 5.74) is 5.07. The monoisotopic (exact) mass is 551 g/mol. The average molecular weight is 552 g/mol. The minimum Gasteiger partial charge on any atom is -0.340 e. The Morgan fingerprint density at radius 1 is 1.11 bits per heavy atom. The highest BCUT2D eigenvalue weighted by molar-refractivity contribution is 9.10. The normalized spacial score (nSPS) is 12.4. The maximum Gasteiger partial charge on any atom is 0.282 e. The summed E-state index contributed by atoms with van der Waals surface area (Å²) in [5.74, 6) is 0.700. The molecule has 5 aromatic rings. The SMILES string of the molecule is CC[C@@H](C)c1nc2ccc(Br)cc2c(=O)n1N=Cc1c(C)n(Cc2ccccc2C#N)c2ccccc12. The van der Waals surface area contributed by atoms with Gasteiger partial charge in [0.15, 0.2) is 0 Å². The fourth-order valence-corrected chi connectivity index (χ4v) is 5.02. The number of rotatable bonds is 6. The van der Waals surface area contributed by atoms with Crippen molar-refractivity contribution in [2.24, 2.45) is 5.10 Å². The molecule has 0 saturated heterocycles. The van der Waals surface area contributed by atoms with E-state index in [1.165, 1.54) is 4.68 Å². The van der Waals surface area contributed by atoms with Crippen LogP contribution in [0.15, 0.2) is 81.1 Å². The summed E-state index contributed by atoms with van der Waals surface area (Å²) in [5, 5.41) is 15.9. The Labute approximate surface area is 223 Å². The molecule has 37 heavy (non-hydrogen) atoms. The third-order valence-electron chi connectivity index (χ3n) is 6.93. The van der Waals surface area contributed by atoms with Crippen LogP contribution in [0.1, 0.15) is 54.4 Å². The van der Waals surface area contributed by atoms with Gasteiger partial charge in [0.05, 0.1) is 28.8 Å².